The van der Waals surface area contributed by atoms with Gasteiger partial charge in [0.25, 0.3) is 0 Å². The maximum atomic E-state index is 10.4. The van der Waals surface area contributed by atoms with Crippen molar-refractivity contribution in [2.24, 2.45) is 5.73 Å². The summed E-state index contributed by atoms with van der Waals surface area (Å²) in [5.41, 5.74) is 5.30. The van der Waals surface area contributed by atoms with Gasteiger partial charge in [0.15, 0.2) is 0 Å². The summed E-state index contributed by atoms with van der Waals surface area (Å²) >= 11 is 0. The molecule has 0 atom stereocenters. The lowest BCUT2D eigenvalue weighted by Gasteiger charge is -1.88. The molecular weight excluding hydrogens is 114 g/mol. The molecule has 0 aliphatic heterocycles. The molecule has 0 aliphatic carbocycles. The van der Waals surface area contributed by atoms with Crippen molar-refractivity contribution in [2.45, 2.75) is 0 Å². The smallest absolute Gasteiger partial charge is 0.249 e. The lowest BCUT2D eigenvalue weighted by atomic mass is 10.2. The standard InChI is InChI=1S/C7H5NO/c8-7(9)6-4-2-1-3-5-6/h1-2,5H,(H2,8,9). The van der Waals surface area contributed by atoms with E-state index in [1.54, 1.807) is 12.1 Å². The van der Waals surface area contributed by atoms with Gasteiger partial charge in [0.05, 0.1) is 0 Å². The normalized spacial score (nSPS) is 8.89. The molecule has 2 N–H and O–H groups in total. The van der Waals surface area contributed by atoms with Crippen molar-refractivity contribution in [2.75, 3.05) is 0 Å². The zero-order chi connectivity index (χ0) is 6.69. The summed E-state index contributed by atoms with van der Waals surface area (Å²) in [6, 6.07) is 10.1. The van der Waals surface area contributed by atoms with Crippen LogP contribution in [0, 0.1) is 12.1 Å². The van der Waals surface area contributed by atoms with Gasteiger partial charge in [-0.1, -0.05) is 12.1 Å². The molecule has 9 heavy (non-hydrogen) atoms. The first-order chi connectivity index (χ1) is 4.30. The Hall–Kier alpha value is -1.31. The highest BCUT2D eigenvalue weighted by Gasteiger charge is 1.94. The highest BCUT2D eigenvalue weighted by Crippen LogP contribution is 1.92. The van der Waals surface area contributed by atoms with Gasteiger partial charge in [-0.05, 0) is 18.2 Å². The van der Waals surface area contributed by atoms with Crippen LogP contribution in [0.4, 0.5) is 0 Å². The van der Waals surface area contributed by atoms with E-state index in [2.05, 4.69) is 12.1 Å². The van der Waals surface area contributed by atoms with E-state index in [0.717, 1.165) is 0 Å². The molecule has 2 radical (unpaired) electrons. The van der Waals surface area contributed by atoms with Crippen LogP contribution in [0.3, 0.4) is 0 Å². The third-order valence-corrected chi connectivity index (χ3v) is 0.912. The summed E-state index contributed by atoms with van der Waals surface area (Å²) < 4.78 is 0. The Balaban J connectivity index is 2.98. The number of carbonyl (C=O) groups is 1. The Kier molecular flexibility index (Phi) is 1.49. The summed E-state index contributed by atoms with van der Waals surface area (Å²) in [5, 5.41) is 0. The summed E-state index contributed by atoms with van der Waals surface area (Å²) in [6.45, 7) is 0. The van der Waals surface area contributed by atoms with Gasteiger partial charge in [0.2, 0.25) is 5.91 Å². The average molecular weight is 119 g/mol. The largest absolute Gasteiger partial charge is 0.366 e. The molecule has 0 saturated heterocycles. The molecule has 1 aromatic carbocycles. The van der Waals surface area contributed by atoms with Crippen LogP contribution in [0.15, 0.2) is 18.2 Å². The second kappa shape index (κ2) is 2.31. The van der Waals surface area contributed by atoms with Gasteiger partial charge in [-0.25, -0.2) is 0 Å². The van der Waals surface area contributed by atoms with Crippen molar-refractivity contribution in [3.63, 3.8) is 0 Å². The summed E-state index contributed by atoms with van der Waals surface area (Å²) in [6.07, 6.45) is 0. The van der Waals surface area contributed by atoms with Crippen molar-refractivity contribution in [3.05, 3.63) is 35.9 Å². The van der Waals surface area contributed by atoms with Gasteiger partial charge in [-0.15, -0.1) is 0 Å². The zero-order valence-electron chi connectivity index (χ0n) is 4.72. The van der Waals surface area contributed by atoms with Crippen LogP contribution in [0.25, 0.3) is 0 Å². The molecule has 0 bridgehead atoms. The number of hydrogen-bond donors (Lipinski definition) is 1. The van der Waals surface area contributed by atoms with E-state index in [9.17, 15) is 4.79 Å². The van der Waals surface area contributed by atoms with E-state index in [1.165, 1.54) is 6.07 Å². The lowest BCUT2D eigenvalue weighted by Crippen LogP contribution is -2.10. The number of amides is 1. The summed E-state index contributed by atoms with van der Waals surface area (Å²) in [7, 11) is 0. The SMILES string of the molecule is NC(=O)c1[c]cc[c]c1. The molecule has 0 heterocycles. The Bertz CT molecular complexity index is 205. The number of benzene rings is 1. The van der Waals surface area contributed by atoms with Gasteiger partial charge in [-0.2, -0.15) is 0 Å². The third-order valence-electron chi connectivity index (χ3n) is 0.912. The van der Waals surface area contributed by atoms with E-state index in [0.29, 0.717) is 5.56 Å². The van der Waals surface area contributed by atoms with E-state index < -0.39 is 5.91 Å². The third kappa shape index (κ3) is 1.29. The summed E-state index contributed by atoms with van der Waals surface area (Å²) in [4.78, 5) is 10.4. The molecule has 1 amide bonds. The highest BCUT2D eigenvalue weighted by atomic mass is 16.1. The first kappa shape index (κ1) is 5.82. The topological polar surface area (TPSA) is 43.1 Å². The summed E-state index contributed by atoms with van der Waals surface area (Å²) in [5.74, 6) is -0.466. The van der Waals surface area contributed by atoms with Gasteiger partial charge in [0, 0.05) is 5.56 Å². The van der Waals surface area contributed by atoms with Crippen molar-refractivity contribution in [1.29, 1.82) is 0 Å². The molecule has 0 spiro atoms. The van der Waals surface area contributed by atoms with Crippen LogP contribution in [-0.2, 0) is 0 Å². The molecule has 0 fully saturated rings. The minimum atomic E-state index is -0.466. The number of nitrogens with two attached hydrogens (primary N) is 1. The Labute approximate surface area is 53.3 Å². The molecule has 44 valence electrons. The molecule has 0 unspecified atom stereocenters. The molecule has 0 saturated carbocycles. The zero-order valence-corrected chi connectivity index (χ0v) is 4.72. The lowest BCUT2D eigenvalue weighted by molar-refractivity contribution is 0.1000. The molecule has 2 heteroatoms. The van der Waals surface area contributed by atoms with Crippen LogP contribution >= 0.6 is 0 Å². The quantitative estimate of drug-likeness (QED) is 0.570. The molecule has 1 rings (SSSR count). The van der Waals surface area contributed by atoms with Crippen molar-refractivity contribution >= 4 is 5.91 Å². The van der Waals surface area contributed by atoms with Gasteiger partial charge in [-0.3, -0.25) is 4.79 Å². The van der Waals surface area contributed by atoms with E-state index in [1.807, 2.05) is 0 Å². The van der Waals surface area contributed by atoms with Gasteiger partial charge >= 0.3 is 0 Å². The van der Waals surface area contributed by atoms with Crippen LogP contribution < -0.4 is 5.73 Å². The van der Waals surface area contributed by atoms with Gasteiger partial charge in [0.1, 0.15) is 0 Å². The van der Waals surface area contributed by atoms with Crippen LogP contribution in [0.1, 0.15) is 10.4 Å². The van der Waals surface area contributed by atoms with E-state index in [4.69, 9.17) is 5.73 Å². The number of carbonyl (C=O) groups excluding carboxylic acids is 1. The second-order valence-corrected chi connectivity index (χ2v) is 1.57. The number of hydrogen-bond acceptors (Lipinski definition) is 1. The Morgan fingerprint density at radius 2 is 2.33 bits per heavy atom. The predicted molar refractivity (Wildman–Crippen MR) is 32.6 cm³/mol. The average Bonchev–Trinajstić information content (AvgIpc) is 1.90. The van der Waals surface area contributed by atoms with Crippen molar-refractivity contribution in [1.82, 2.24) is 0 Å². The number of primary amides is 1. The minimum absolute atomic E-state index is 0.373. The first-order valence-electron chi connectivity index (χ1n) is 2.48. The fourth-order valence-electron chi connectivity index (χ4n) is 0.495. The first-order valence-corrected chi connectivity index (χ1v) is 2.48. The molecule has 2 nitrogen and oxygen atoms in total. The van der Waals surface area contributed by atoms with E-state index >= 15 is 0 Å². The Morgan fingerprint density at radius 1 is 1.56 bits per heavy atom. The minimum Gasteiger partial charge on any atom is -0.366 e. The van der Waals surface area contributed by atoms with Crippen LogP contribution in [0.5, 0.6) is 0 Å². The van der Waals surface area contributed by atoms with Gasteiger partial charge < -0.3 is 5.73 Å². The van der Waals surface area contributed by atoms with Crippen LogP contribution in [0.2, 0.25) is 0 Å². The van der Waals surface area contributed by atoms with Crippen molar-refractivity contribution < 1.29 is 4.79 Å². The second-order valence-electron chi connectivity index (χ2n) is 1.57. The fourth-order valence-corrected chi connectivity index (χ4v) is 0.495. The Morgan fingerprint density at radius 3 is 2.67 bits per heavy atom. The molecular formula is C7H5NO. The molecule has 0 aromatic heterocycles. The van der Waals surface area contributed by atoms with E-state index in [-0.39, 0.29) is 0 Å². The highest BCUT2D eigenvalue weighted by molar-refractivity contribution is 5.92. The fraction of sp³-hybridized carbons (Fsp3) is 0. The van der Waals surface area contributed by atoms with Crippen LogP contribution in [-0.4, -0.2) is 5.91 Å². The maximum Gasteiger partial charge on any atom is 0.249 e. The van der Waals surface area contributed by atoms with Crippen molar-refractivity contribution in [3.8, 4) is 0 Å². The molecule has 1 aromatic rings. The monoisotopic (exact) mass is 119 g/mol. The predicted octanol–water partition coefficient (Wildman–Crippen LogP) is 0.386. The number of rotatable bonds is 1. The molecule has 0 aliphatic rings. The maximum absolute atomic E-state index is 10.4.